The van der Waals surface area contributed by atoms with Gasteiger partial charge in [0.15, 0.2) is 0 Å². The van der Waals surface area contributed by atoms with Gasteiger partial charge < -0.3 is 0 Å². The summed E-state index contributed by atoms with van der Waals surface area (Å²) in [5.41, 5.74) is -1.69. The Bertz CT molecular complexity index is 1080. The molecule has 0 bridgehead atoms. The average molecular weight is 322 g/mol. The number of hydrogen-bond donors (Lipinski definition) is 2. The zero-order chi connectivity index (χ0) is 21.9. The van der Waals surface area contributed by atoms with Gasteiger partial charge in [-0.3, -0.25) is 9.11 Å². The van der Waals surface area contributed by atoms with Crippen LogP contribution in [0.15, 0.2) is 58.1 Å². The van der Waals surface area contributed by atoms with E-state index < -0.39 is 89.5 Å². The summed E-state index contributed by atoms with van der Waals surface area (Å²) in [6, 6.07) is -9.32. The second-order valence-electron chi connectivity index (χ2n) is 3.36. The highest BCUT2D eigenvalue weighted by atomic mass is 32.2. The quantitative estimate of drug-likeness (QED) is 0.835. The molecular weight excluding hydrogens is 304 g/mol. The first kappa shape index (κ1) is 7.32. The molecule has 0 saturated carbocycles. The number of rotatable bonds is 3. The van der Waals surface area contributed by atoms with Gasteiger partial charge >= 0.3 is 0 Å². The van der Waals surface area contributed by atoms with Crippen molar-refractivity contribution in [1.82, 2.24) is 0 Å². The molecule has 106 valence electrons. The molecule has 0 heterocycles. The maximum Gasteiger partial charge on any atom is 0.294 e. The minimum atomic E-state index is -5.17. The van der Waals surface area contributed by atoms with Crippen molar-refractivity contribution in [3.05, 3.63) is 48.3 Å². The Hall–Kier alpha value is -1.74. The molecule has 20 heavy (non-hydrogen) atoms. The van der Waals surface area contributed by atoms with Gasteiger partial charge in [0.25, 0.3) is 20.2 Å². The molecule has 0 fully saturated rings. The fourth-order valence-corrected chi connectivity index (χ4v) is 1.83. The second kappa shape index (κ2) is 4.98. The van der Waals surface area contributed by atoms with E-state index in [0.717, 1.165) is 0 Å². The SMILES string of the molecule is [2H]c1c([2H])c(S(=O)(=O)O)c([2H])c([2H])c1-c1c([2H])c([2H])c(S(=O)(=O)O)c([2H])c1[2H]. The largest absolute Gasteiger partial charge is 0.294 e. The first-order chi connectivity index (χ1) is 12.5. The summed E-state index contributed by atoms with van der Waals surface area (Å²) < 4.78 is 126. The van der Waals surface area contributed by atoms with Gasteiger partial charge in [0.2, 0.25) is 0 Å². The molecule has 0 spiro atoms. The minimum absolute atomic E-state index is 0.846. The fraction of sp³-hybridized carbons (Fsp3) is 0. The maximum absolute atomic E-state index is 11.3. The molecule has 0 aliphatic heterocycles. The summed E-state index contributed by atoms with van der Waals surface area (Å²) >= 11 is 0. The van der Waals surface area contributed by atoms with E-state index in [1.165, 1.54) is 0 Å². The molecule has 0 aromatic heterocycles. The molecule has 0 aliphatic carbocycles. The molecule has 0 saturated heterocycles. The van der Waals surface area contributed by atoms with Crippen molar-refractivity contribution in [1.29, 1.82) is 0 Å². The first-order valence-corrected chi connectivity index (χ1v) is 7.57. The van der Waals surface area contributed by atoms with E-state index in [-0.39, 0.29) is 0 Å². The van der Waals surface area contributed by atoms with Gasteiger partial charge in [-0.2, -0.15) is 16.8 Å². The molecule has 2 aromatic rings. The van der Waals surface area contributed by atoms with Crippen LogP contribution >= 0.6 is 0 Å². The van der Waals surface area contributed by atoms with Gasteiger partial charge in [0.05, 0.1) is 20.8 Å². The monoisotopic (exact) mass is 322 g/mol. The summed E-state index contributed by atoms with van der Waals surface area (Å²) in [7, 11) is -10.3. The summed E-state index contributed by atoms with van der Waals surface area (Å²) in [5, 5.41) is 0. The van der Waals surface area contributed by atoms with E-state index in [2.05, 4.69) is 0 Å². The Morgan fingerprint density at radius 1 is 0.650 bits per heavy atom. The normalized spacial score (nSPS) is 17.9. The van der Waals surface area contributed by atoms with Crippen molar-refractivity contribution in [3.8, 4) is 11.1 Å². The van der Waals surface area contributed by atoms with Crippen LogP contribution in [0.2, 0.25) is 0 Å². The van der Waals surface area contributed by atoms with Crippen molar-refractivity contribution >= 4 is 20.2 Å². The Labute approximate surface area is 127 Å². The van der Waals surface area contributed by atoms with Crippen LogP contribution in [0.1, 0.15) is 11.0 Å². The third-order valence-corrected chi connectivity index (χ3v) is 3.41. The maximum atomic E-state index is 11.3. The molecule has 2 N–H and O–H groups in total. The van der Waals surface area contributed by atoms with E-state index in [1.807, 2.05) is 0 Å². The lowest BCUT2D eigenvalue weighted by Crippen LogP contribution is -1.98. The van der Waals surface area contributed by atoms with Gasteiger partial charge in [-0.25, -0.2) is 0 Å². The Morgan fingerprint density at radius 2 is 0.900 bits per heavy atom. The molecular formula is C12H10O6S2. The van der Waals surface area contributed by atoms with E-state index >= 15 is 0 Å². The molecule has 2 rings (SSSR count). The van der Waals surface area contributed by atoms with Crippen LogP contribution in [0.5, 0.6) is 0 Å². The highest BCUT2D eigenvalue weighted by molar-refractivity contribution is 7.86. The standard InChI is InChI=1S/C12H10O6S2/c13-19(14,15)11-5-1-9(2-6-11)10-3-7-12(8-4-10)20(16,17)18/h1-8H,(H,13,14,15)(H,16,17,18)/i1D,2D,3D,4D,5D,6D,7D,8D. The van der Waals surface area contributed by atoms with Crippen molar-refractivity contribution in [3.63, 3.8) is 0 Å². The predicted octanol–water partition coefficient (Wildman–Crippen LogP) is 1.85. The summed E-state index contributed by atoms with van der Waals surface area (Å²) in [6.07, 6.45) is 0. The van der Waals surface area contributed by atoms with Crippen LogP contribution in [0.3, 0.4) is 0 Å². The number of benzene rings is 2. The third-order valence-electron chi connectivity index (χ3n) is 1.97. The van der Waals surface area contributed by atoms with Crippen LogP contribution in [-0.2, 0) is 20.2 Å². The van der Waals surface area contributed by atoms with Gasteiger partial charge in [0, 0.05) is 0 Å². The van der Waals surface area contributed by atoms with Crippen molar-refractivity contribution in [2.24, 2.45) is 0 Å². The molecule has 8 heteroatoms. The zero-order valence-electron chi connectivity index (χ0n) is 17.3. The molecule has 0 atom stereocenters. The lowest BCUT2D eigenvalue weighted by Gasteiger charge is -2.04. The van der Waals surface area contributed by atoms with E-state index in [9.17, 15) is 16.8 Å². The molecule has 6 nitrogen and oxygen atoms in total. The Morgan fingerprint density at radius 3 is 1.10 bits per heavy atom. The van der Waals surface area contributed by atoms with Crippen molar-refractivity contribution in [2.45, 2.75) is 9.79 Å². The van der Waals surface area contributed by atoms with Crippen LogP contribution in [-0.4, -0.2) is 25.9 Å². The Balaban J connectivity index is 3.12. The average Bonchev–Trinajstić information content (AvgIpc) is 2.52. The highest BCUT2D eigenvalue weighted by Gasteiger charge is 2.11. The van der Waals surface area contributed by atoms with Crippen LogP contribution in [0, 0.1) is 0 Å². The van der Waals surface area contributed by atoms with Gasteiger partial charge in [-0.05, 0) is 35.3 Å². The van der Waals surface area contributed by atoms with Gasteiger partial charge in [-0.1, -0.05) is 24.2 Å². The van der Waals surface area contributed by atoms with E-state index in [4.69, 9.17) is 20.1 Å². The van der Waals surface area contributed by atoms with E-state index in [0.29, 0.717) is 0 Å². The molecule has 0 aliphatic rings. The lowest BCUT2D eigenvalue weighted by atomic mass is 10.1. The fourth-order valence-electron chi connectivity index (χ4n) is 1.11. The van der Waals surface area contributed by atoms with E-state index in [1.54, 1.807) is 0 Å². The summed E-state index contributed by atoms with van der Waals surface area (Å²) in [4.78, 5) is -2.70. The van der Waals surface area contributed by atoms with Crippen LogP contribution in [0.25, 0.3) is 11.1 Å². The second-order valence-corrected chi connectivity index (χ2v) is 6.08. The minimum Gasteiger partial charge on any atom is -0.282 e. The summed E-state index contributed by atoms with van der Waals surface area (Å²) in [5.74, 6) is 0. The zero-order valence-corrected chi connectivity index (χ0v) is 11.0. The van der Waals surface area contributed by atoms with Crippen molar-refractivity contribution < 1.29 is 36.9 Å². The van der Waals surface area contributed by atoms with Gasteiger partial charge in [0.1, 0.15) is 0 Å². The van der Waals surface area contributed by atoms with Crippen LogP contribution in [0.4, 0.5) is 0 Å². The number of hydrogen-bond acceptors (Lipinski definition) is 4. The molecule has 0 radical (unpaired) electrons. The first-order valence-electron chi connectivity index (χ1n) is 8.69. The lowest BCUT2D eigenvalue weighted by molar-refractivity contribution is 0.481. The topological polar surface area (TPSA) is 109 Å². The smallest absolute Gasteiger partial charge is 0.282 e. The Kier molecular flexibility index (Phi) is 1.82. The van der Waals surface area contributed by atoms with Crippen LogP contribution < -0.4 is 0 Å². The van der Waals surface area contributed by atoms with Gasteiger partial charge in [-0.15, -0.1) is 0 Å². The highest BCUT2D eigenvalue weighted by Crippen LogP contribution is 2.22. The molecule has 0 unspecified atom stereocenters. The molecule has 0 amide bonds. The van der Waals surface area contributed by atoms with Crippen molar-refractivity contribution in [2.75, 3.05) is 0 Å². The predicted molar refractivity (Wildman–Crippen MR) is 71.5 cm³/mol. The summed E-state index contributed by atoms with van der Waals surface area (Å²) in [6.45, 7) is 0. The molecule has 2 aromatic carbocycles. The third kappa shape index (κ3) is 3.23.